The molecule has 2 atom stereocenters. The third-order valence-corrected chi connectivity index (χ3v) is 5.05. The van der Waals surface area contributed by atoms with E-state index in [0.717, 1.165) is 0 Å². The van der Waals surface area contributed by atoms with Gasteiger partial charge in [0, 0.05) is 12.1 Å². The second-order valence-corrected chi connectivity index (χ2v) is 6.23. The highest BCUT2D eigenvalue weighted by molar-refractivity contribution is 7.89. The number of benzene rings is 1. The average Bonchev–Trinajstić information content (AvgIpc) is 2.29. The Morgan fingerprint density at radius 3 is 2.18 bits per heavy atom. The van der Waals surface area contributed by atoms with Gasteiger partial charge in [0.05, 0.1) is 18.1 Å². The van der Waals surface area contributed by atoms with Gasteiger partial charge in [-0.05, 0) is 26.0 Å². The topological polar surface area (TPSA) is 46.6 Å². The summed E-state index contributed by atoms with van der Waals surface area (Å²) in [7, 11) is -3.41. The Morgan fingerprint density at radius 2 is 1.65 bits per heavy atom. The Bertz CT molecular complexity index is 462. The van der Waals surface area contributed by atoms with Gasteiger partial charge in [0.2, 0.25) is 10.0 Å². The van der Waals surface area contributed by atoms with Crippen molar-refractivity contribution in [2.45, 2.75) is 30.8 Å². The summed E-state index contributed by atoms with van der Waals surface area (Å²) in [4.78, 5) is 0.348. The molecule has 0 saturated carbocycles. The Morgan fingerprint density at radius 1 is 1.12 bits per heavy atom. The van der Waals surface area contributed by atoms with E-state index >= 15 is 0 Å². The molecule has 17 heavy (non-hydrogen) atoms. The van der Waals surface area contributed by atoms with Gasteiger partial charge in [-0.25, -0.2) is 8.42 Å². The first-order chi connectivity index (χ1) is 8.03. The van der Waals surface area contributed by atoms with E-state index in [-0.39, 0.29) is 12.1 Å². The minimum Gasteiger partial charge on any atom is -0.378 e. The van der Waals surface area contributed by atoms with Gasteiger partial charge < -0.3 is 4.74 Å². The van der Waals surface area contributed by atoms with Crippen molar-refractivity contribution in [2.75, 3.05) is 13.2 Å². The maximum atomic E-state index is 12.5. The van der Waals surface area contributed by atoms with Crippen LogP contribution in [0.4, 0.5) is 0 Å². The lowest BCUT2D eigenvalue weighted by molar-refractivity contribution is 0.00636. The van der Waals surface area contributed by atoms with Gasteiger partial charge in [-0.15, -0.1) is 0 Å². The van der Waals surface area contributed by atoms with Crippen molar-refractivity contribution in [1.82, 2.24) is 4.31 Å². The van der Waals surface area contributed by atoms with Crippen molar-refractivity contribution in [3.8, 4) is 0 Å². The van der Waals surface area contributed by atoms with Crippen LogP contribution in [-0.2, 0) is 14.8 Å². The molecule has 0 aliphatic carbocycles. The summed E-state index contributed by atoms with van der Waals surface area (Å²) < 4.78 is 31.9. The van der Waals surface area contributed by atoms with Crippen LogP contribution in [0.15, 0.2) is 35.2 Å². The lowest BCUT2D eigenvalue weighted by Gasteiger charge is -2.37. The molecule has 1 aromatic rings. The van der Waals surface area contributed by atoms with E-state index in [1.54, 1.807) is 28.6 Å². The van der Waals surface area contributed by atoms with Crippen LogP contribution in [0.1, 0.15) is 13.8 Å². The average molecular weight is 255 g/mol. The van der Waals surface area contributed by atoms with E-state index in [1.807, 2.05) is 19.9 Å². The Kier molecular flexibility index (Phi) is 3.51. The molecule has 1 saturated heterocycles. The van der Waals surface area contributed by atoms with Gasteiger partial charge >= 0.3 is 0 Å². The number of rotatable bonds is 2. The number of ether oxygens (including phenoxy) is 1. The lowest BCUT2D eigenvalue weighted by atomic mass is 10.2. The predicted octanol–water partition coefficient (Wildman–Crippen LogP) is 1.48. The molecule has 4 nitrogen and oxygen atoms in total. The van der Waals surface area contributed by atoms with Crippen molar-refractivity contribution in [3.05, 3.63) is 30.3 Å². The number of nitrogens with zero attached hydrogens (tertiary/aromatic N) is 1. The third kappa shape index (κ3) is 2.36. The van der Waals surface area contributed by atoms with Gasteiger partial charge in [0.15, 0.2) is 0 Å². The molecule has 94 valence electrons. The molecule has 0 N–H and O–H groups in total. The van der Waals surface area contributed by atoms with E-state index < -0.39 is 10.0 Å². The second-order valence-electron chi connectivity index (χ2n) is 4.38. The third-order valence-electron chi connectivity index (χ3n) is 2.91. The highest BCUT2D eigenvalue weighted by Crippen LogP contribution is 2.23. The van der Waals surface area contributed by atoms with Gasteiger partial charge in [-0.2, -0.15) is 4.31 Å². The fourth-order valence-corrected chi connectivity index (χ4v) is 3.99. The monoisotopic (exact) mass is 255 g/mol. The molecule has 0 radical (unpaired) electrons. The Balaban J connectivity index is 2.38. The van der Waals surface area contributed by atoms with Crippen LogP contribution in [0.2, 0.25) is 0 Å². The molecule has 5 heteroatoms. The van der Waals surface area contributed by atoms with Crippen molar-refractivity contribution >= 4 is 10.0 Å². The van der Waals surface area contributed by atoms with Crippen molar-refractivity contribution in [3.63, 3.8) is 0 Å². The van der Waals surface area contributed by atoms with Crippen molar-refractivity contribution < 1.29 is 13.2 Å². The maximum absolute atomic E-state index is 12.5. The zero-order chi connectivity index (χ0) is 12.5. The van der Waals surface area contributed by atoms with Gasteiger partial charge in [-0.3, -0.25) is 0 Å². The van der Waals surface area contributed by atoms with E-state index in [2.05, 4.69) is 0 Å². The SMILES string of the molecule is C[C@@H]1COC[C@@H](C)N1S(=O)(=O)c1ccccc1. The molecule has 1 aliphatic rings. The van der Waals surface area contributed by atoms with Crippen LogP contribution >= 0.6 is 0 Å². The Hall–Kier alpha value is -0.910. The fraction of sp³-hybridized carbons (Fsp3) is 0.500. The molecule has 1 aromatic carbocycles. The number of hydrogen-bond acceptors (Lipinski definition) is 3. The molecule has 1 fully saturated rings. The fourth-order valence-electron chi connectivity index (χ4n) is 2.18. The van der Waals surface area contributed by atoms with E-state index in [1.165, 1.54) is 0 Å². The summed E-state index contributed by atoms with van der Waals surface area (Å²) in [6.45, 7) is 4.65. The van der Waals surface area contributed by atoms with Crippen molar-refractivity contribution in [1.29, 1.82) is 0 Å². The number of sulfonamides is 1. The number of morpholine rings is 1. The first-order valence-corrected chi connectivity index (χ1v) is 7.14. The first-order valence-electron chi connectivity index (χ1n) is 5.70. The summed E-state index contributed by atoms with van der Waals surface area (Å²) in [5.74, 6) is 0. The normalized spacial score (nSPS) is 26.9. The highest BCUT2D eigenvalue weighted by Gasteiger charge is 2.36. The van der Waals surface area contributed by atoms with Crippen molar-refractivity contribution in [2.24, 2.45) is 0 Å². The maximum Gasteiger partial charge on any atom is 0.243 e. The molecule has 0 amide bonds. The summed E-state index contributed by atoms with van der Waals surface area (Å²) in [6, 6.07) is 8.30. The van der Waals surface area contributed by atoms with E-state index in [4.69, 9.17) is 4.74 Å². The standard InChI is InChI=1S/C12H17NO3S/c1-10-8-16-9-11(2)13(10)17(14,15)12-6-4-3-5-7-12/h3-7,10-11H,8-9H2,1-2H3/t10-,11-/m1/s1. The van der Waals surface area contributed by atoms with Gasteiger partial charge in [0.1, 0.15) is 0 Å². The molecule has 0 unspecified atom stereocenters. The molecule has 1 heterocycles. The van der Waals surface area contributed by atoms with Crippen LogP contribution < -0.4 is 0 Å². The zero-order valence-corrected chi connectivity index (χ0v) is 10.9. The van der Waals surface area contributed by atoms with Crippen LogP contribution in [0.5, 0.6) is 0 Å². The quantitative estimate of drug-likeness (QED) is 0.804. The first kappa shape index (κ1) is 12.5. The summed E-state index contributed by atoms with van der Waals surface area (Å²) in [5, 5.41) is 0. The Labute approximate surface area is 102 Å². The molecule has 0 aromatic heterocycles. The van der Waals surface area contributed by atoms with Gasteiger partial charge in [-0.1, -0.05) is 18.2 Å². The minimum atomic E-state index is -3.41. The summed E-state index contributed by atoms with van der Waals surface area (Å²) >= 11 is 0. The predicted molar refractivity (Wildman–Crippen MR) is 65.2 cm³/mol. The van der Waals surface area contributed by atoms with Crippen LogP contribution in [0.3, 0.4) is 0 Å². The van der Waals surface area contributed by atoms with E-state index in [0.29, 0.717) is 18.1 Å². The lowest BCUT2D eigenvalue weighted by Crippen LogP contribution is -2.52. The second kappa shape index (κ2) is 4.76. The van der Waals surface area contributed by atoms with Gasteiger partial charge in [0.25, 0.3) is 0 Å². The van der Waals surface area contributed by atoms with Crippen LogP contribution in [-0.4, -0.2) is 38.0 Å². The molecular weight excluding hydrogens is 238 g/mol. The largest absolute Gasteiger partial charge is 0.378 e. The zero-order valence-electron chi connectivity index (χ0n) is 10.0. The van der Waals surface area contributed by atoms with Crippen LogP contribution in [0.25, 0.3) is 0 Å². The highest BCUT2D eigenvalue weighted by atomic mass is 32.2. The summed E-state index contributed by atoms with van der Waals surface area (Å²) in [5.41, 5.74) is 0. The molecule has 0 spiro atoms. The molecule has 0 bridgehead atoms. The van der Waals surface area contributed by atoms with E-state index in [9.17, 15) is 8.42 Å². The molecular formula is C12H17NO3S. The summed E-state index contributed by atoms with van der Waals surface area (Å²) in [6.07, 6.45) is 0. The minimum absolute atomic E-state index is 0.121. The molecule has 1 aliphatic heterocycles. The number of hydrogen-bond donors (Lipinski definition) is 0. The van der Waals surface area contributed by atoms with Crippen LogP contribution in [0, 0.1) is 0 Å². The molecule has 2 rings (SSSR count). The smallest absolute Gasteiger partial charge is 0.243 e.